The fraction of sp³-hybridized carbons (Fsp3) is 0.400. The van der Waals surface area contributed by atoms with E-state index in [9.17, 15) is 5.11 Å². The van der Waals surface area contributed by atoms with E-state index in [1.165, 1.54) is 5.56 Å². The molecular formula is C15H20N2O. The van der Waals surface area contributed by atoms with Crippen molar-refractivity contribution >= 4 is 10.9 Å². The number of nitrogens with zero attached hydrogens (tertiary/aromatic N) is 1. The minimum Gasteiger partial charge on any atom is -0.392 e. The second-order valence-corrected chi connectivity index (χ2v) is 4.67. The molecule has 1 unspecified atom stereocenters. The van der Waals surface area contributed by atoms with Crippen LogP contribution in [0, 0.1) is 6.92 Å². The summed E-state index contributed by atoms with van der Waals surface area (Å²) in [6, 6.07) is 10.4. The highest BCUT2D eigenvalue weighted by Gasteiger charge is 2.01. The van der Waals surface area contributed by atoms with Gasteiger partial charge < -0.3 is 10.4 Å². The van der Waals surface area contributed by atoms with Crippen LogP contribution in [0.4, 0.5) is 0 Å². The molecule has 0 aliphatic heterocycles. The van der Waals surface area contributed by atoms with Gasteiger partial charge in [-0.1, -0.05) is 19.1 Å². The van der Waals surface area contributed by atoms with Gasteiger partial charge in [0, 0.05) is 24.2 Å². The quantitative estimate of drug-likeness (QED) is 0.849. The van der Waals surface area contributed by atoms with Crippen LogP contribution in [0.1, 0.15) is 24.6 Å². The summed E-state index contributed by atoms with van der Waals surface area (Å²) in [5, 5.41) is 13.9. The zero-order valence-electron chi connectivity index (χ0n) is 11.0. The van der Waals surface area contributed by atoms with Gasteiger partial charge in [-0.25, -0.2) is 0 Å². The number of fused-ring (bicyclic) bond motifs is 1. The molecule has 0 saturated carbocycles. The average Bonchev–Trinajstić information content (AvgIpc) is 2.38. The Morgan fingerprint density at radius 2 is 2.11 bits per heavy atom. The van der Waals surface area contributed by atoms with Crippen LogP contribution >= 0.6 is 0 Å². The van der Waals surface area contributed by atoms with Crippen LogP contribution in [-0.4, -0.2) is 22.7 Å². The molecule has 2 rings (SSSR count). The van der Waals surface area contributed by atoms with E-state index in [1.54, 1.807) is 0 Å². The molecule has 0 aliphatic carbocycles. The smallest absolute Gasteiger partial charge is 0.0705 e. The summed E-state index contributed by atoms with van der Waals surface area (Å²) in [6.45, 7) is 5.40. The number of nitrogens with one attached hydrogen (secondary N) is 1. The molecule has 1 aromatic heterocycles. The second kappa shape index (κ2) is 5.94. The van der Waals surface area contributed by atoms with Crippen LogP contribution in [0.5, 0.6) is 0 Å². The van der Waals surface area contributed by atoms with Gasteiger partial charge in [0.25, 0.3) is 0 Å². The summed E-state index contributed by atoms with van der Waals surface area (Å²) in [5.74, 6) is 0. The Labute approximate surface area is 108 Å². The SMILES string of the molecule is CCC(O)CNCc1ccc2nc(C)ccc2c1. The predicted molar refractivity (Wildman–Crippen MR) is 74.5 cm³/mol. The normalized spacial score (nSPS) is 12.8. The van der Waals surface area contributed by atoms with Crippen LogP contribution in [0.3, 0.4) is 0 Å². The summed E-state index contributed by atoms with van der Waals surface area (Å²) >= 11 is 0. The number of aromatic nitrogens is 1. The third kappa shape index (κ3) is 3.28. The van der Waals surface area contributed by atoms with Crippen LogP contribution in [0.2, 0.25) is 0 Å². The molecule has 3 nitrogen and oxygen atoms in total. The van der Waals surface area contributed by atoms with E-state index in [0.29, 0.717) is 6.54 Å². The van der Waals surface area contributed by atoms with Crippen molar-refractivity contribution in [3.05, 3.63) is 41.6 Å². The Bertz CT molecular complexity index is 525. The number of hydrogen-bond acceptors (Lipinski definition) is 3. The number of pyridine rings is 1. The van der Waals surface area contributed by atoms with Gasteiger partial charge >= 0.3 is 0 Å². The van der Waals surface area contributed by atoms with Crippen LogP contribution in [0.25, 0.3) is 10.9 Å². The molecule has 0 spiro atoms. The lowest BCUT2D eigenvalue weighted by Crippen LogP contribution is -2.25. The molecule has 0 aliphatic rings. The minimum absolute atomic E-state index is 0.255. The van der Waals surface area contributed by atoms with Crippen molar-refractivity contribution in [3.63, 3.8) is 0 Å². The standard InChI is InChI=1S/C15H20N2O/c1-3-14(18)10-16-9-12-5-7-15-13(8-12)6-4-11(2)17-15/h4-8,14,16,18H,3,9-10H2,1-2H3. The zero-order chi connectivity index (χ0) is 13.0. The summed E-state index contributed by atoms with van der Waals surface area (Å²) < 4.78 is 0. The van der Waals surface area contributed by atoms with E-state index in [0.717, 1.165) is 29.6 Å². The van der Waals surface area contributed by atoms with Gasteiger partial charge in [-0.3, -0.25) is 4.98 Å². The highest BCUT2D eigenvalue weighted by atomic mass is 16.3. The zero-order valence-corrected chi connectivity index (χ0v) is 11.0. The summed E-state index contributed by atoms with van der Waals surface area (Å²) in [5.41, 5.74) is 3.29. The Morgan fingerprint density at radius 1 is 1.28 bits per heavy atom. The van der Waals surface area contributed by atoms with E-state index >= 15 is 0 Å². The predicted octanol–water partition coefficient (Wildman–Crippen LogP) is 2.40. The maximum atomic E-state index is 9.47. The lowest BCUT2D eigenvalue weighted by Gasteiger charge is -2.09. The Hall–Kier alpha value is -1.45. The number of aliphatic hydroxyl groups is 1. The van der Waals surface area contributed by atoms with Gasteiger partial charge in [0.2, 0.25) is 0 Å². The van der Waals surface area contributed by atoms with Gasteiger partial charge in [0.1, 0.15) is 0 Å². The van der Waals surface area contributed by atoms with Crippen LogP contribution in [0.15, 0.2) is 30.3 Å². The molecule has 1 atom stereocenters. The number of hydrogen-bond donors (Lipinski definition) is 2. The summed E-state index contributed by atoms with van der Waals surface area (Å²) in [4.78, 5) is 4.48. The van der Waals surface area contributed by atoms with Crippen molar-refractivity contribution in [2.75, 3.05) is 6.54 Å². The van der Waals surface area contributed by atoms with Crippen molar-refractivity contribution in [1.29, 1.82) is 0 Å². The van der Waals surface area contributed by atoms with Crippen molar-refractivity contribution in [2.24, 2.45) is 0 Å². The van der Waals surface area contributed by atoms with E-state index in [1.807, 2.05) is 19.9 Å². The van der Waals surface area contributed by atoms with E-state index in [2.05, 4.69) is 34.6 Å². The highest BCUT2D eigenvalue weighted by Crippen LogP contribution is 2.14. The Morgan fingerprint density at radius 3 is 2.89 bits per heavy atom. The van der Waals surface area contributed by atoms with E-state index in [4.69, 9.17) is 0 Å². The van der Waals surface area contributed by atoms with Gasteiger partial charge in [0.15, 0.2) is 0 Å². The monoisotopic (exact) mass is 244 g/mol. The first kappa shape index (κ1) is 13.0. The lowest BCUT2D eigenvalue weighted by atomic mass is 10.1. The molecule has 2 aromatic rings. The van der Waals surface area contributed by atoms with Gasteiger partial charge in [-0.05, 0) is 37.1 Å². The number of aryl methyl sites for hydroxylation is 1. The molecular weight excluding hydrogens is 224 g/mol. The van der Waals surface area contributed by atoms with Crippen molar-refractivity contribution in [1.82, 2.24) is 10.3 Å². The Balaban J connectivity index is 2.04. The van der Waals surface area contributed by atoms with E-state index in [-0.39, 0.29) is 6.10 Å². The molecule has 3 heteroatoms. The van der Waals surface area contributed by atoms with Crippen LogP contribution in [-0.2, 0) is 6.54 Å². The summed E-state index contributed by atoms with van der Waals surface area (Å²) in [6.07, 6.45) is 0.531. The topological polar surface area (TPSA) is 45.1 Å². The lowest BCUT2D eigenvalue weighted by molar-refractivity contribution is 0.167. The van der Waals surface area contributed by atoms with Crippen molar-refractivity contribution in [3.8, 4) is 0 Å². The first-order chi connectivity index (χ1) is 8.69. The fourth-order valence-corrected chi connectivity index (χ4v) is 1.91. The van der Waals surface area contributed by atoms with Crippen molar-refractivity contribution in [2.45, 2.75) is 32.9 Å². The second-order valence-electron chi connectivity index (χ2n) is 4.67. The molecule has 96 valence electrons. The highest BCUT2D eigenvalue weighted by molar-refractivity contribution is 5.79. The molecule has 1 heterocycles. The van der Waals surface area contributed by atoms with Crippen molar-refractivity contribution < 1.29 is 5.11 Å². The first-order valence-electron chi connectivity index (χ1n) is 6.44. The molecule has 18 heavy (non-hydrogen) atoms. The van der Waals surface area contributed by atoms with Gasteiger partial charge in [-0.2, -0.15) is 0 Å². The van der Waals surface area contributed by atoms with Gasteiger partial charge in [-0.15, -0.1) is 0 Å². The molecule has 0 saturated heterocycles. The Kier molecular flexibility index (Phi) is 4.28. The largest absolute Gasteiger partial charge is 0.392 e. The van der Waals surface area contributed by atoms with E-state index < -0.39 is 0 Å². The molecule has 2 N–H and O–H groups in total. The fourth-order valence-electron chi connectivity index (χ4n) is 1.91. The molecule has 1 aromatic carbocycles. The third-order valence-electron chi connectivity index (χ3n) is 3.07. The maximum Gasteiger partial charge on any atom is 0.0705 e. The molecule has 0 bridgehead atoms. The number of aliphatic hydroxyl groups excluding tert-OH is 1. The third-order valence-corrected chi connectivity index (χ3v) is 3.07. The number of rotatable bonds is 5. The molecule has 0 radical (unpaired) electrons. The molecule has 0 amide bonds. The first-order valence-corrected chi connectivity index (χ1v) is 6.44. The summed E-state index contributed by atoms with van der Waals surface area (Å²) in [7, 11) is 0. The minimum atomic E-state index is -0.255. The van der Waals surface area contributed by atoms with Crippen LogP contribution < -0.4 is 5.32 Å². The average molecular weight is 244 g/mol. The van der Waals surface area contributed by atoms with Gasteiger partial charge in [0.05, 0.1) is 11.6 Å². The maximum absolute atomic E-state index is 9.47. The molecule has 0 fully saturated rings. The number of benzene rings is 1.